The van der Waals surface area contributed by atoms with Gasteiger partial charge in [-0.1, -0.05) is 12.8 Å². The van der Waals surface area contributed by atoms with Crippen LogP contribution in [0.15, 0.2) is 0 Å². The van der Waals surface area contributed by atoms with Crippen molar-refractivity contribution in [3.8, 4) is 0 Å². The summed E-state index contributed by atoms with van der Waals surface area (Å²) in [5.41, 5.74) is -0.424. The number of amides is 1. The Morgan fingerprint density at radius 1 is 1.24 bits per heavy atom. The van der Waals surface area contributed by atoms with Gasteiger partial charge in [-0.25, -0.2) is 4.79 Å². The summed E-state index contributed by atoms with van der Waals surface area (Å²) in [6, 6.07) is 0.643. The molecule has 100 valence electrons. The molecule has 1 aliphatic rings. The number of hydrogen-bond acceptors (Lipinski definition) is 3. The second-order valence-corrected chi connectivity index (χ2v) is 6.07. The molecule has 0 spiro atoms. The molecule has 0 unspecified atom stereocenters. The van der Waals surface area contributed by atoms with Crippen LogP contribution in [0.25, 0.3) is 0 Å². The number of carbonyl (C=O) groups excluding carboxylic acids is 1. The van der Waals surface area contributed by atoms with Crippen LogP contribution in [0.2, 0.25) is 0 Å². The van der Waals surface area contributed by atoms with E-state index in [0.717, 1.165) is 12.8 Å². The number of rotatable bonds is 2. The monoisotopic (exact) mass is 242 g/mol. The normalized spacial score (nSPS) is 25.8. The van der Waals surface area contributed by atoms with E-state index in [1.807, 2.05) is 20.8 Å². The van der Waals surface area contributed by atoms with E-state index in [1.165, 1.54) is 12.8 Å². The van der Waals surface area contributed by atoms with Crippen LogP contribution in [-0.2, 0) is 4.74 Å². The molecule has 1 fully saturated rings. The zero-order chi connectivity index (χ0) is 13.1. The number of likely N-dealkylation sites (N-methyl/N-ethyl adjacent to an activating group) is 1. The minimum absolute atomic E-state index is 0.216. The Morgan fingerprint density at radius 3 is 2.35 bits per heavy atom. The molecular formula is C13H26N2O2. The van der Waals surface area contributed by atoms with Crippen LogP contribution in [0.5, 0.6) is 0 Å². The topological polar surface area (TPSA) is 41.6 Å². The lowest BCUT2D eigenvalue weighted by Crippen LogP contribution is -2.52. The second kappa shape index (κ2) is 5.71. The lowest BCUT2D eigenvalue weighted by atomic mass is 9.90. The fourth-order valence-corrected chi connectivity index (χ4v) is 2.36. The van der Waals surface area contributed by atoms with Crippen molar-refractivity contribution in [2.24, 2.45) is 0 Å². The number of alkyl carbamates (subject to hydrolysis) is 1. The molecule has 1 amide bonds. The van der Waals surface area contributed by atoms with Crippen LogP contribution >= 0.6 is 0 Å². The Hall–Kier alpha value is -0.770. The maximum absolute atomic E-state index is 11.7. The lowest BCUT2D eigenvalue weighted by molar-refractivity contribution is 0.0452. The van der Waals surface area contributed by atoms with Crippen molar-refractivity contribution in [2.45, 2.75) is 64.1 Å². The molecule has 0 aromatic carbocycles. The summed E-state index contributed by atoms with van der Waals surface area (Å²) < 4.78 is 5.30. The van der Waals surface area contributed by atoms with Crippen molar-refractivity contribution in [1.82, 2.24) is 10.2 Å². The van der Waals surface area contributed by atoms with Gasteiger partial charge in [0.05, 0.1) is 0 Å². The third-order valence-electron chi connectivity index (χ3n) is 3.09. The Morgan fingerprint density at radius 2 is 1.82 bits per heavy atom. The van der Waals surface area contributed by atoms with Gasteiger partial charge in [-0.05, 0) is 47.7 Å². The molecule has 1 saturated carbocycles. The first-order chi connectivity index (χ1) is 7.79. The average molecular weight is 242 g/mol. The van der Waals surface area contributed by atoms with Crippen LogP contribution in [0.1, 0.15) is 46.5 Å². The van der Waals surface area contributed by atoms with Crippen molar-refractivity contribution < 1.29 is 9.53 Å². The van der Waals surface area contributed by atoms with Crippen LogP contribution in [0.3, 0.4) is 0 Å². The molecule has 0 aromatic heterocycles. The first-order valence-corrected chi connectivity index (χ1v) is 6.45. The van der Waals surface area contributed by atoms with Gasteiger partial charge in [0.25, 0.3) is 0 Å². The van der Waals surface area contributed by atoms with E-state index in [9.17, 15) is 4.79 Å². The summed E-state index contributed by atoms with van der Waals surface area (Å²) in [6.45, 7) is 5.66. The highest BCUT2D eigenvalue weighted by Crippen LogP contribution is 2.22. The molecule has 4 heteroatoms. The third-order valence-corrected chi connectivity index (χ3v) is 3.09. The summed E-state index contributed by atoms with van der Waals surface area (Å²) in [4.78, 5) is 13.9. The van der Waals surface area contributed by atoms with Gasteiger partial charge in [0.15, 0.2) is 0 Å². The summed E-state index contributed by atoms with van der Waals surface area (Å²) in [7, 11) is 4.14. The SMILES string of the molecule is CN(C)[C@H]1CCCC[C@@H]1NC(=O)OC(C)(C)C. The first kappa shape index (κ1) is 14.3. The molecule has 1 aliphatic carbocycles. The standard InChI is InChI=1S/C13H26N2O2/c1-13(2,3)17-12(16)14-10-8-6-7-9-11(10)15(4)5/h10-11H,6-9H2,1-5H3,(H,14,16)/t10-,11-/m0/s1. The third kappa shape index (κ3) is 4.94. The van der Waals surface area contributed by atoms with E-state index in [2.05, 4.69) is 24.3 Å². The average Bonchev–Trinajstić information content (AvgIpc) is 2.14. The summed E-state index contributed by atoms with van der Waals surface area (Å²) in [6.07, 6.45) is 4.33. The molecule has 4 nitrogen and oxygen atoms in total. The minimum atomic E-state index is -0.424. The Labute approximate surface area is 105 Å². The fourth-order valence-electron chi connectivity index (χ4n) is 2.36. The van der Waals surface area contributed by atoms with Gasteiger partial charge >= 0.3 is 6.09 Å². The lowest BCUT2D eigenvalue weighted by Gasteiger charge is -2.36. The van der Waals surface area contributed by atoms with Gasteiger partial charge < -0.3 is 15.0 Å². The number of hydrogen-bond donors (Lipinski definition) is 1. The number of carbonyl (C=O) groups is 1. The number of nitrogens with one attached hydrogen (secondary N) is 1. The van der Waals surface area contributed by atoms with Crippen LogP contribution in [-0.4, -0.2) is 42.8 Å². The van der Waals surface area contributed by atoms with E-state index in [0.29, 0.717) is 6.04 Å². The van der Waals surface area contributed by atoms with E-state index in [4.69, 9.17) is 4.74 Å². The summed E-state index contributed by atoms with van der Waals surface area (Å²) in [5.74, 6) is 0. The maximum Gasteiger partial charge on any atom is 0.407 e. The molecule has 0 radical (unpaired) electrons. The molecule has 1 N–H and O–H groups in total. The van der Waals surface area contributed by atoms with Gasteiger partial charge in [-0.15, -0.1) is 0 Å². The number of ether oxygens (including phenoxy) is 1. The largest absolute Gasteiger partial charge is 0.444 e. The van der Waals surface area contributed by atoms with Gasteiger partial charge in [0, 0.05) is 12.1 Å². The van der Waals surface area contributed by atoms with Crippen molar-refractivity contribution in [3.05, 3.63) is 0 Å². The molecule has 0 aliphatic heterocycles. The highest BCUT2D eigenvalue weighted by atomic mass is 16.6. The Bertz CT molecular complexity index is 259. The molecular weight excluding hydrogens is 216 g/mol. The van der Waals surface area contributed by atoms with Crippen molar-refractivity contribution in [3.63, 3.8) is 0 Å². The van der Waals surface area contributed by atoms with Gasteiger partial charge in [-0.2, -0.15) is 0 Å². The quantitative estimate of drug-likeness (QED) is 0.808. The van der Waals surface area contributed by atoms with Gasteiger partial charge in [0.1, 0.15) is 5.60 Å². The predicted octanol–water partition coefficient (Wildman–Crippen LogP) is 2.38. The van der Waals surface area contributed by atoms with E-state index >= 15 is 0 Å². The van der Waals surface area contributed by atoms with E-state index < -0.39 is 5.60 Å². The summed E-state index contributed by atoms with van der Waals surface area (Å²) >= 11 is 0. The van der Waals surface area contributed by atoms with Gasteiger partial charge in [-0.3, -0.25) is 0 Å². The first-order valence-electron chi connectivity index (χ1n) is 6.45. The molecule has 0 saturated heterocycles. The predicted molar refractivity (Wildman–Crippen MR) is 69.1 cm³/mol. The van der Waals surface area contributed by atoms with Crippen molar-refractivity contribution in [2.75, 3.05) is 14.1 Å². The number of nitrogens with zero attached hydrogens (tertiary/aromatic N) is 1. The minimum Gasteiger partial charge on any atom is -0.444 e. The van der Waals surface area contributed by atoms with Crippen LogP contribution < -0.4 is 5.32 Å². The molecule has 0 bridgehead atoms. The van der Waals surface area contributed by atoms with Crippen LogP contribution in [0.4, 0.5) is 4.79 Å². The molecule has 17 heavy (non-hydrogen) atoms. The van der Waals surface area contributed by atoms with Crippen LogP contribution in [0, 0.1) is 0 Å². The Kier molecular flexibility index (Phi) is 4.80. The van der Waals surface area contributed by atoms with Crippen molar-refractivity contribution >= 4 is 6.09 Å². The molecule has 0 heterocycles. The highest BCUT2D eigenvalue weighted by Gasteiger charge is 2.29. The maximum atomic E-state index is 11.7. The fraction of sp³-hybridized carbons (Fsp3) is 0.923. The van der Waals surface area contributed by atoms with E-state index in [1.54, 1.807) is 0 Å². The molecule has 0 aromatic rings. The highest BCUT2D eigenvalue weighted by molar-refractivity contribution is 5.68. The zero-order valence-electron chi connectivity index (χ0n) is 11.7. The summed E-state index contributed by atoms with van der Waals surface area (Å²) in [5, 5.41) is 3.00. The van der Waals surface area contributed by atoms with Crippen molar-refractivity contribution in [1.29, 1.82) is 0 Å². The second-order valence-electron chi connectivity index (χ2n) is 6.07. The Balaban J connectivity index is 2.50. The molecule has 1 rings (SSSR count). The molecule has 2 atom stereocenters. The zero-order valence-corrected chi connectivity index (χ0v) is 11.7. The van der Waals surface area contributed by atoms with E-state index in [-0.39, 0.29) is 12.1 Å². The van der Waals surface area contributed by atoms with Gasteiger partial charge in [0.2, 0.25) is 0 Å². The smallest absolute Gasteiger partial charge is 0.407 e.